The van der Waals surface area contributed by atoms with Crippen molar-refractivity contribution in [3.05, 3.63) is 12.7 Å². The molecular formula is C18H26O6. The summed E-state index contributed by atoms with van der Waals surface area (Å²) in [5, 5.41) is 0. The number of rotatable bonds is 5. The zero-order chi connectivity index (χ0) is 17.6. The van der Waals surface area contributed by atoms with Gasteiger partial charge in [0.05, 0.1) is 13.2 Å². The van der Waals surface area contributed by atoms with E-state index in [-0.39, 0.29) is 6.10 Å². The normalized spacial score (nSPS) is 42.6. The number of ether oxygens (including phenoxy) is 6. The summed E-state index contributed by atoms with van der Waals surface area (Å²) in [5.74, 6) is 1.27. The Bertz CT molecular complexity index is 536. The van der Waals surface area contributed by atoms with Gasteiger partial charge in [-0.1, -0.05) is 6.08 Å². The second kappa shape index (κ2) is 6.10. The lowest BCUT2D eigenvalue weighted by molar-refractivity contribution is -0.253. The second-order valence-corrected chi connectivity index (χ2v) is 7.28. The summed E-state index contributed by atoms with van der Waals surface area (Å²) in [5.41, 5.74) is -0.879. The summed E-state index contributed by atoms with van der Waals surface area (Å²) in [6.45, 7) is 11.9. The molecular weight excluding hydrogens is 312 g/mol. The Morgan fingerprint density at radius 1 is 1.17 bits per heavy atom. The van der Waals surface area contributed by atoms with E-state index in [1.165, 1.54) is 0 Å². The van der Waals surface area contributed by atoms with Crippen LogP contribution < -0.4 is 0 Å². The van der Waals surface area contributed by atoms with Crippen molar-refractivity contribution >= 4 is 0 Å². The standard InChI is InChI=1S/C18H26O6/c1-7-9-18(19-10-8-2)13(12-11-20-16(3,4)22-12)21-15-14(18)23-17(5,6)24-15/h1,8,12-15H,2,9-11H2,3-6H3/t12-,13-,14+,15-,18-/m1/s1. The minimum Gasteiger partial charge on any atom is -0.364 e. The maximum absolute atomic E-state index is 6.16. The Balaban J connectivity index is 1.92. The van der Waals surface area contributed by atoms with E-state index >= 15 is 0 Å². The van der Waals surface area contributed by atoms with Crippen LogP contribution in [0.3, 0.4) is 0 Å². The topological polar surface area (TPSA) is 55.4 Å². The molecule has 0 radical (unpaired) electrons. The van der Waals surface area contributed by atoms with Crippen molar-refractivity contribution in [1.29, 1.82) is 0 Å². The predicted octanol–water partition coefficient (Wildman–Crippen LogP) is 1.98. The summed E-state index contributed by atoms with van der Waals surface area (Å²) in [6, 6.07) is 0. The Morgan fingerprint density at radius 2 is 1.92 bits per heavy atom. The van der Waals surface area contributed by atoms with Crippen molar-refractivity contribution in [3.8, 4) is 12.3 Å². The molecule has 0 aromatic carbocycles. The zero-order valence-corrected chi connectivity index (χ0v) is 14.7. The van der Waals surface area contributed by atoms with E-state index in [2.05, 4.69) is 12.5 Å². The van der Waals surface area contributed by atoms with Crippen LogP contribution in [-0.2, 0) is 28.4 Å². The van der Waals surface area contributed by atoms with Crippen LogP contribution in [-0.4, -0.2) is 55.0 Å². The highest BCUT2D eigenvalue weighted by Crippen LogP contribution is 2.49. The van der Waals surface area contributed by atoms with Crippen LogP contribution >= 0.6 is 0 Å². The lowest BCUT2D eigenvalue weighted by atomic mass is 9.86. The largest absolute Gasteiger partial charge is 0.364 e. The molecule has 0 amide bonds. The summed E-state index contributed by atoms with van der Waals surface area (Å²) in [7, 11) is 0. The Hall–Kier alpha value is -0.940. The molecule has 3 fully saturated rings. The predicted molar refractivity (Wildman–Crippen MR) is 85.9 cm³/mol. The molecule has 3 saturated heterocycles. The molecule has 0 aromatic heterocycles. The van der Waals surface area contributed by atoms with Gasteiger partial charge in [-0.2, -0.15) is 0 Å². The Kier molecular flexibility index (Phi) is 4.54. The van der Waals surface area contributed by atoms with E-state index in [0.717, 1.165) is 0 Å². The van der Waals surface area contributed by atoms with Crippen molar-refractivity contribution in [1.82, 2.24) is 0 Å². The van der Waals surface area contributed by atoms with Crippen LogP contribution in [0.25, 0.3) is 0 Å². The number of hydrogen-bond acceptors (Lipinski definition) is 6. The third-order valence-corrected chi connectivity index (χ3v) is 4.52. The first kappa shape index (κ1) is 17.9. The van der Waals surface area contributed by atoms with Gasteiger partial charge < -0.3 is 28.4 Å². The number of hydrogen-bond donors (Lipinski definition) is 0. The van der Waals surface area contributed by atoms with E-state index in [0.29, 0.717) is 19.6 Å². The van der Waals surface area contributed by atoms with E-state index in [1.54, 1.807) is 6.08 Å². The number of fused-ring (bicyclic) bond motifs is 1. The van der Waals surface area contributed by atoms with Gasteiger partial charge in [0.25, 0.3) is 0 Å². The van der Waals surface area contributed by atoms with Crippen LogP contribution in [0.4, 0.5) is 0 Å². The molecule has 134 valence electrons. The first-order valence-corrected chi connectivity index (χ1v) is 8.24. The second-order valence-electron chi connectivity index (χ2n) is 7.28. The third-order valence-electron chi connectivity index (χ3n) is 4.52. The highest BCUT2D eigenvalue weighted by Gasteiger charge is 2.67. The monoisotopic (exact) mass is 338 g/mol. The smallest absolute Gasteiger partial charge is 0.190 e. The fourth-order valence-corrected chi connectivity index (χ4v) is 3.64. The van der Waals surface area contributed by atoms with Crippen LogP contribution in [0.15, 0.2) is 12.7 Å². The maximum Gasteiger partial charge on any atom is 0.190 e. The fraction of sp³-hybridized carbons (Fsp3) is 0.778. The average Bonchev–Trinajstić information content (AvgIpc) is 3.07. The molecule has 6 heteroatoms. The molecule has 3 aliphatic heterocycles. The first-order chi connectivity index (χ1) is 11.2. The molecule has 5 atom stereocenters. The van der Waals surface area contributed by atoms with Gasteiger partial charge in [-0.25, -0.2) is 0 Å². The van der Waals surface area contributed by atoms with E-state index < -0.39 is 35.7 Å². The fourth-order valence-electron chi connectivity index (χ4n) is 3.64. The molecule has 3 aliphatic rings. The average molecular weight is 338 g/mol. The van der Waals surface area contributed by atoms with E-state index in [9.17, 15) is 0 Å². The minimum absolute atomic E-state index is 0.312. The third kappa shape index (κ3) is 3.01. The molecule has 24 heavy (non-hydrogen) atoms. The lowest BCUT2D eigenvalue weighted by Crippen LogP contribution is -2.55. The molecule has 0 bridgehead atoms. The highest BCUT2D eigenvalue weighted by atomic mass is 16.9. The van der Waals surface area contributed by atoms with Gasteiger partial charge in [-0.3, -0.25) is 0 Å². The molecule has 3 heterocycles. The molecule has 0 saturated carbocycles. The Morgan fingerprint density at radius 3 is 2.50 bits per heavy atom. The molecule has 0 unspecified atom stereocenters. The van der Waals surface area contributed by atoms with Gasteiger partial charge in [-0.15, -0.1) is 18.9 Å². The lowest BCUT2D eigenvalue weighted by Gasteiger charge is -2.38. The van der Waals surface area contributed by atoms with Gasteiger partial charge >= 0.3 is 0 Å². The SMILES string of the molecule is C#CC[C@@]1(OCC=C)[C@@H]([C@H]2COC(C)(C)O2)O[C@@H]2OC(C)(C)O[C@@H]21. The summed E-state index contributed by atoms with van der Waals surface area (Å²) < 4.78 is 36.0. The minimum atomic E-state index is -0.879. The summed E-state index contributed by atoms with van der Waals surface area (Å²) >= 11 is 0. The zero-order valence-electron chi connectivity index (χ0n) is 14.7. The van der Waals surface area contributed by atoms with Crippen molar-refractivity contribution in [3.63, 3.8) is 0 Å². The Labute approximate surface area is 143 Å². The molecule has 0 aromatic rings. The van der Waals surface area contributed by atoms with E-state index in [4.69, 9.17) is 34.8 Å². The molecule has 3 rings (SSSR count). The van der Waals surface area contributed by atoms with E-state index in [1.807, 2.05) is 27.7 Å². The van der Waals surface area contributed by atoms with Gasteiger partial charge in [0.1, 0.15) is 23.9 Å². The van der Waals surface area contributed by atoms with Crippen LogP contribution in [0, 0.1) is 12.3 Å². The summed E-state index contributed by atoms with van der Waals surface area (Å²) in [6.07, 6.45) is 5.86. The molecule has 0 spiro atoms. The van der Waals surface area contributed by atoms with Crippen molar-refractivity contribution < 1.29 is 28.4 Å². The highest BCUT2D eigenvalue weighted by molar-refractivity contribution is 5.14. The first-order valence-electron chi connectivity index (χ1n) is 8.24. The van der Waals surface area contributed by atoms with Gasteiger partial charge in [0.2, 0.25) is 0 Å². The van der Waals surface area contributed by atoms with Gasteiger partial charge in [0, 0.05) is 6.42 Å². The quantitative estimate of drug-likeness (QED) is 0.564. The molecule has 0 aliphatic carbocycles. The van der Waals surface area contributed by atoms with Crippen molar-refractivity contribution in [2.24, 2.45) is 0 Å². The van der Waals surface area contributed by atoms with Crippen LogP contribution in [0.5, 0.6) is 0 Å². The van der Waals surface area contributed by atoms with Crippen LogP contribution in [0.1, 0.15) is 34.1 Å². The van der Waals surface area contributed by atoms with Crippen molar-refractivity contribution in [2.75, 3.05) is 13.2 Å². The van der Waals surface area contributed by atoms with Crippen LogP contribution in [0.2, 0.25) is 0 Å². The summed E-state index contributed by atoms with van der Waals surface area (Å²) in [4.78, 5) is 0. The number of terminal acetylenes is 1. The van der Waals surface area contributed by atoms with Gasteiger partial charge in [-0.05, 0) is 27.7 Å². The maximum atomic E-state index is 6.16. The molecule has 0 N–H and O–H groups in total. The van der Waals surface area contributed by atoms with Gasteiger partial charge in [0.15, 0.2) is 17.9 Å². The molecule has 6 nitrogen and oxygen atoms in total. The van der Waals surface area contributed by atoms with Crippen molar-refractivity contribution in [2.45, 2.75) is 75.9 Å².